The minimum atomic E-state index is -0.125. The van der Waals surface area contributed by atoms with Crippen LogP contribution in [-0.4, -0.2) is 23.3 Å². The molecule has 0 fully saturated rings. The van der Waals surface area contributed by atoms with Crippen molar-refractivity contribution >= 4 is 11.6 Å². The van der Waals surface area contributed by atoms with Crippen molar-refractivity contribution in [3.05, 3.63) is 34.9 Å². The number of benzene rings is 1. The summed E-state index contributed by atoms with van der Waals surface area (Å²) in [6.07, 6.45) is 0.498. The molecule has 80 valence electrons. The third kappa shape index (κ3) is 2.73. The van der Waals surface area contributed by atoms with Crippen LogP contribution in [0.2, 0.25) is 0 Å². The summed E-state index contributed by atoms with van der Waals surface area (Å²) in [7, 11) is 0. The van der Waals surface area contributed by atoms with E-state index in [4.69, 9.17) is 5.11 Å². The molecule has 3 heteroatoms. The Morgan fingerprint density at radius 1 is 1.13 bits per heavy atom. The van der Waals surface area contributed by atoms with Gasteiger partial charge >= 0.3 is 0 Å². The van der Waals surface area contributed by atoms with E-state index in [1.54, 1.807) is 18.2 Å². The Bertz CT molecular complexity index is 394. The summed E-state index contributed by atoms with van der Waals surface area (Å²) in [5.74, 6) is -0.240. The fourth-order valence-electron chi connectivity index (χ4n) is 1.47. The molecule has 1 rings (SSSR count). The smallest absolute Gasteiger partial charge is 0.160 e. The van der Waals surface area contributed by atoms with Gasteiger partial charge in [0.1, 0.15) is 0 Å². The van der Waals surface area contributed by atoms with Crippen molar-refractivity contribution in [2.75, 3.05) is 6.61 Å². The molecule has 15 heavy (non-hydrogen) atoms. The van der Waals surface area contributed by atoms with E-state index >= 15 is 0 Å². The Morgan fingerprint density at radius 3 is 2.20 bits per heavy atom. The molecule has 1 N–H and O–H groups in total. The predicted octanol–water partition coefficient (Wildman–Crippen LogP) is 1.63. The van der Waals surface area contributed by atoms with Gasteiger partial charge in [-0.1, -0.05) is 12.1 Å². The molecule has 0 saturated heterocycles. The van der Waals surface area contributed by atoms with Crippen LogP contribution >= 0.6 is 0 Å². The van der Waals surface area contributed by atoms with E-state index in [1.165, 1.54) is 13.8 Å². The normalized spacial score (nSPS) is 10.1. The zero-order valence-corrected chi connectivity index (χ0v) is 8.91. The summed E-state index contributed by atoms with van der Waals surface area (Å²) in [5.41, 5.74) is 1.75. The maximum absolute atomic E-state index is 11.3. The summed E-state index contributed by atoms with van der Waals surface area (Å²) >= 11 is 0. The van der Waals surface area contributed by atoms with Gasteiger partial charge in [-0.05, 0) is 31.9 Å². The van der Waals surface area contributed by atoms with Crippen molar-refractivity contribution in [2.45, 2.75) is 20.3 Å². The molecule has 0 amide bonds. The van der Waals surface area contributed by atoms with Gasteiger partial charge in [-0.2, -0.15) is 0 Å². The van der Waals surface area contributed by atoms with E-state index < -0.39 is 0 Å². The average molecular weight is 206 g/mol. The fraction of sp³-hybridized carbons (Fsp3) is 0.333. The van der Waals surface area contributed by atoms with E-state index in [2.05, 4.69) is 0 Å². The third-order valence-corrected chi connectivity index (χ3v) is 2.24. The maximum atomic E-state index is 11.3. The van der Waals surface area contributed by atoms with E-state index in [9.17, 15) is 9.59 Å². The number of hydrogen-bond acceptors (Lipinski definition) is 3. The van der Waals surface area contributed by atoms with E-state index in [0.29, 0.717) is 17.5 Å². The molecular weight excluding hydrogens is 192 g/mol. The second-order valence-corrected chi connectivity index (χ2v) is 3.47. The van der Waals surface area contributed by atoms with Crippen molar-refractivity contribution in [3.63, 3.8) is 0 Å². The Kier molecular flexibility index (Phi) is 3.74. The first-order valence-electron chi connectivity index (χ1n) is 4.82. The van der Waals surface area contributed by atoms with Gasteiger partial charge in [0.05, 0.1) is 0 Å². The number of aliphatic hydroxyl groups is 1. The predicted molar refractivity (Wildman–Crippen MR) is 57.2 cm³/mol. The number of Topliss-reactive ketones (excluding diaryl/α,β-unsaturated/α-hetero) is 2. The van der Waals surface area contributed by atoms with Gasteiger partial charge in [-0.25, -0.2) is 0 Å². The minimum absolute atomic E-state index is 0.0385. The molecule has 0 aliphatic carbocycles. The van der Waals surface area contributed by atoms with Gasteiger partial charge in [-0.15, -0.1) is 0 Å². The van der Waals surface area contributed by atoms with Crippen molar-refractivity contribution in [1.29, 1.82) is 0 Å². The van der Waals surface area contributed by atoms with Crippen LogP contribution in [0.3, 0.4) is 0 Å². The SMILES string of the molecule is CC(=O)c1ccc(CCO)cc1C(C)=O. The van der Waals surface area contributed by atoms with Crippen LogP contribution in [0.4, 0.5) is 0 Å². The quantitative estimate of drug-likeness (QED) is 0.762. The molecule has 0 unspecified atom stereocenters. The molecule has 0 aliphatic rings. The topological polar surface area (TPSA) is 54.4 Å². The number of hydrogen-bond donors (Lipinski definition) is 1. The number of aliphatic hydroxyl groups excluding tert-OH is 1. The van der Waals surface area contributed by atoms with Crippen LogP contribution in [0.25, 0.3) is 0 Å². The Morgan fingerprint density at radius 2 is 1.73 bits per heavy atom. The van der Waals surface area contributed by atoms with Crippen LogP contribution in [-0.2, 0) is 6.42 Å². The van der Waals surface area contributed by atoms with E-state index in [1.807, 2.05) is 0 Å². The van der Waals surface area contributed by atoms with E-state index in [0.717, 1.165) is 5.56 Å². The highest BCUT2D eigenvalue weighted by Crippen LogP contribution is 2.14. The van der Waals surface area contributed by atoms with Gasteiger partial charge in [0.2, 0.25) is 0 Å². The first-order valence-corrected chi connectivity index (χ1v) is 4.82. The highest BCUT2D eigenvalue weighted by Gasteiger charge is 2.11. The van der Waals surface area contributed by atoms with Gasteiger partial charge in [0, 0.05) is 17.7 Å². The number of carbonyl (C=O) groups is 2. The highest BCUT2D eigenvalue weighted by atomic mass is 16.3. The van der Waals surface area contributed by atoms with E-state index in [-0.39, 0.29) is 18.2 Å². The van der Waals surface area contributed by atoms with Gasteiger partial charge in [0.15, 0.2) is 11.6 Å². The van der Waals surface area contributed by atoms with Gasteiger partial charge < -0.3 is 5.11 Å². The largest absolute Gasteiger partial charge is 0.396 e. The lowest BCUT2D eigenvalue weighted by Crippen LogP contribution is -2.05. The molecule has 0 spiro atoms. The molecule has 0 saturated carbocycles. The zero-order chi connectivity index (χ0) is 11.4. The average Bonchev–Trinajstić information content (AvgIpc) is 2.17. The summed E-state index contributed by atoms with van der Waals surface area (Å²) in [5, 5.41) is 8.78. The zero-order valence-electron chi connectivity index (χ0n) is 8.91. The summed E-state index contributed by atoms with van der Waals surface area (Å²) in [6.45, 7) is 2.91. The van der Waals surface area contributed by atoms with Gasteiger partial charge in [0.25, 0.3) is 0 Å². The molecule has 0 heterocycles. The molecule has 1 aromatic carbocycles. The van der Waals surface area contributed by atoms with Crippen molar-refractivity contribution in [2.24, 2.45) is 0 Å². The van der Waals surface area contributed by atoms with Gasteiger partial charge in [-0.3, -0.25) is 9.59 Å². The molecule has 0 bridgehead atoms. The van der Waals surface area contributed by atoms with Crippen molar-refractivity contribution in [3.8, 4) is 0 Å². The van der Waals surface area contributed by atoms with Crippen LogP contribution in [0.1, 0.15) is 40.1 Å². The fourth-order valence-corrected chi connectivity index (χ4v) is 1.47. The first-order chi connectivity index (χ1) is 7.06. The third-order valence-electron chi connectivity index (χ3n) is 2.24. The maximum Gasteiger partial charge on any atom is 0.160 e. The Balaban J connectivity index is 3.21. The van der Waals surface area contributed by atoms with Crippen LogP contribution in [0.15, 0.2) is 18.2 Å². The lowest BCUT2D eigenvalue weighted by molar-refractivity contribution is 0.0980. The summed E-state index contributed by atoms with van der Waals surface area (Å²) < 4.78 is 0. The van der Waals surface area contributed by atoms with Crippen molar-refractivity contribution < 1.29 is 14.7 Å². The Labute approximate surface area is 88.7 Å². The molecular formula is C12H14O3. The lowest BCUT2D eigenvalue weighted by atomic mass is 9.97. The molecule has 0 atom stereocenters. The molecule has 0 radical (unpaired) electrons. The highest BCUT2D eigenvalue weighted by molar-refractivity contribution is 6.07. The second kappa shape index (κ2) is 4.84. The molecule has 3 nitrogen and oxygen atoms in total. The standard InChI is InChI=1S/C12H14O3/c1-8(14)11-4-3-10(5-6-13)7-12(11)9(2)15/h3-4,7,13H,5-6H2,1-2H3. The monoisotopic (exact) mass is 206 g/mol. The van der Waals surface area contributed by atoms with Crippen molar-refractivity contribution in [1.82, 2.24) is 0 Å². The number of ketones is 2. The van der Waals surface area contributed by atoms with Crippen LogP contribution in [0.5, 0.6) is 0 Å². The van der Waals surface area contributed by atoms with Crippen LogP contribution in [0, 0.1) is 0 Å². The number of carbonyl (C=O) groups excluding carboxylic acids is 2. The minimum Gasteiger partial charge on any atom is -0.396 e. The Hall–Kier alpha value is -1.48. The number of rotatable bonds is 4. The molecule has 1 aromatic rings. The molecule has 0 aromatic heterocycles. The summed E-state index contributed by atoms with van der Waals surface area (Å²) in [4.78, 5) is 22.6. The summed E-state index contributed by atoms with van der Waals surface area (Å²) in [6, 6.07) is 5.08. The molecule has 0 aliphatic heterocycles. The lowest BCUT2D eigenvalue weighted by Gasteiger charge is -2.06. The first kappa shape index (κ1) is 11.6. The second-order valence-electron chi connectivity index (χ2n) is 3.47. The van der Waals surface area contributed by atoms with Crippen LogP contribution < -0.4 is 0 Å².